The number of rotatable bonds is 4. The van der Waals surface area contributed by atoms with Crippen LogP contribution in [-0.2, 0) is 0 Å². The lowest BCUT2D eigenvalue weighted by Gasteiger charge is -2.47. The Bertz CT molecular complexity index is 181. The Morgan fingerprint density at radius 2 is 1.87 bits per heavy atom. The van der Waals surface area contributed by atoms with Crippen LogP contribution < -0.4 is 5.73 Å². The van der Waals surface area contributed by atoms with E-state index in [-0.39, 0.29) is 0 Å². The third kappa shape index (κ3) is 2.73. The molecule has 0 aromatic carbocycles. The predicted octanol–water partition coefficient (Wildman–Crippen LogP) is 2.62. The summed E-state index contributed by atoms with van der Waals surface area (Å²) in [6.45, 7) is 7.66. The van der Waals surface area contributed by atoms with Crippen LogP contribution in [0.25, 0.3) is 0 Å². The smallest absolute Gasteiger partial charge is 0.0331 e. The van der Waals surface area contributed by atoms with Crippen molar-refractivity contribution in [1.82, 2.24) is 4.90 Å². The highest BCUT2D eigenvalue weighted by atomic mass is 15.2. The molecule has 0 spiro atoms. The fourth-order valence-corrected chi connectivity index (χ4v) is 2.87. The fourth-order valence-electron chi connectivity index (χ4n) is 2.87. The summed E-state index contributed by atoms with van der Waals surface area (Å²) in [5, 5.41) is 0. The maximum Gasteiger partial charge on any atom is 0.0331 e. The molecule has 90 valence electrons. The maximum absolute atomic E-state index is 6.02. The molecule has 1 aliphatic carbocycles. The lowest BCUT2D eigenvalue weighted by atomic mass is 9.74. The summed E-state index contributed by atoms with van der Waals surface area (Å²) in [5.41, 5.74) is 6.31. The quantitative estimate of drug-likeness (QED) is 0.776. The van der Waals surface area contributed by atoms with Crippen LogP contribution in [0.3, 0.4) is 0 Å². The Hall–Kier alpha value is -0.0800. The van der Waals surface area contributed by atoms with E-state index in [4.69, 9.17) is 5.73 Å². The molecular weight excluding hydrogens is 184 g/mol. The van der Waals surface area contributed by atoms with E-state index >= 15 is 0 Å². The minimum Gasteiger partial charge on any atom is -0.329 e. The van der Waals surface area contributed by atoms with Crippen LogP contribution in [0.2, 0.25) is 0 Å². The molecule has 1 rings (SSSR count). The molecule has 1 saturated carbocycles. The molecule has 15 heavy (non-hydrogen) atoms. The van der Waals surface area contributed by atoms with E-state index in [1.807, 2.05) is 0 Å². The van der Waals surface area contributed by atoms with E-state index in [1.165, 1.54) is 32.1 Å². The molecule has 0 aromatic heterocycles. The average Bonchev–Trinajstić information content (AvgIpc) is 2.28. The number of nitrogens with two attached hydrogens (primary N) is 1. The number of hydrogen-bond acceptors (Lipinski definition) is 2. The van der Waals surface area contributed by atoms with Gasteiger partial charge in [0.25, 0.3) is 0 Å². The van der Waals surface area contributed by atoms with Crippen molar-refractivity contribution in [3.8, 4) is 0 Å². The lowest BCUT2D eigenvalue weighted by Crippen LogP contribution is -2.56. The highest BCUT2D eigenvalue weighted by Crippen LogP contribution is 2.37. The molecule has 0 bridgehead atoms. The topological polar surface area (TPSA) is 29.3 Å². The summed E-state index contributed by atoms with van der Waals surface area (Å²) < 4.78 is 0. The molecule has 0 heterocycles. The molecule has 2 N–H and O–H groups in total. The van der Waals surface area contributed by atoms with Crippen molar-refractivity contribution in [2.24, 2.45) is 11.7 Å². The third-order valence-corrected chi connectivity index (χ3v) is 4.52. The molecule has 0 atom stereocenters. The van der Waals surface area contributed by atoms with Gasteiger partial charge in [-0.05, 0) is 52.5 Å². The normalized spacial score (nSPS) is 32.6. The van der Waals surface area contributed by atoms with Crippen LogP contribution in [0, 0.1) is 5.92 Å². The number of hydrogen-bond donors (Lipinski definition) is 1. The lowest BCUT2D eigenvalue weighted by molar-refractivity contribution is 0.0406. The standard InChI is InChI=1S/C13H28N2/c1-5-12-6-8-13(10-14,9-7-12)15(4)11(2)3/h11-12H,5-10,14H2,1-4H3. The molecule has 0 amide bonds. The van der Waals surface area contributed by atoms with Crippen molar-refractivity contribution >= 4 is 0 Å². The Morgan fingerprint density at radius 1 is 1.33 bits per heavy atom. The Kier molecular flexibility index (Phi) is 4.60. The van der Waals surface area contributed by atoms with E-state index in [2.05, 4.69) is 32.7 Å². The fraction of sp³-hybridized carbons (Fsp3) is 1.00. The van der Waals surface area contributed by atoms with E-state index in [0.29, 0.717) is 11.6 Å². The van der Waals surface area contributed by atoms with Gasteiger partial charge in [0, 0.05) is 18.1 Å². The van der Waals surface area contributed by atoms with Crippen LogP contribution in [-0.4, -0.2) is 30.1 Å². The summed E-state index contributed by atoms with van der Waals surface area (Å²) in [7, 11) is 2.24. The molecule has 0 radical (unpaired) electrons. The first kappa shape index (κ1) is 13.0. The number of nitrogens with zero attached hydrogens (tertiary/aromatic N) is 1. The largest absolute Gasteiger partial charge is 0.329 e. The molecule has 1 aliphatic rings. The van der Waals surface area contributed by atoms with Crippen molar-refractivity contribution < 1.29 is 0 Å². The Morgan fingerprint density at radius 3 is 2.20 bits per heavy atom. The zero-order valence-electron chi connectivity index (χ0n) is 10.9. The SMILES string of the molecule is CCC1CCC(CN)(N(C)C(C)C)CC1. The van der Waals surface area contributed by atoms with Gasteiger partial charge >= 0.3 is 0 Å². The van der Waals surface area contributed by atoms with Crippen LogP contribution in [0.4, 0.5) is 0 Å². The summed E-state index contributed by atoms with van der Waals surface area (Å²) in [4.78, 5) is 2.50. The molecule has 0 aliphatic heterocycles. The molecule has 0 aromatic rings. The molecular formula is C13H28N2. The minimum atomic E-state index is 0.292. The van der Waals surface area contributed by atoms with E-state index in [1.54, 1.807) is 0 Å². The summed E-state index contributed by atoms with van der Waals surface area (Å²) in [5.74, 6) is 0.949. The van der Waals surface area contributed by atoms with Gasteiger partial charge in [0.05, 0.1) is 0 Å². The third-order valence-electron chi connectivity index (χ3n) is 4.52. The van der Waals surface area contributed by atoms with Gasteiger partial charge in [0.15, 0.2) is 0 Å². The van der Waals surface area contributed by atoms with Gasteiger partial charge in [0.1, 0.15) is 0 Å². The van der Waals surface area contributed by atoms with Crippen LogP contribution >= 0.6 is 0 Å². The molecule has 0 unspecified atom stereocenters. The van der Waals surface area contributed by atoms with Gasteiger partial charge in [-0.3, -0.25) is 4.90 Å². The second-order valence-electron chi connectivity index (χ2n) is 5.48. The van der Waals surface area contributed by atoms with Gasteiger partial charge < -0.3 is 5.73 Å². The van der Waals surface area contributed by atoms with E-state index in [9.17, 15) is 0 Å². The van der Waals surface area contributed by atoms with E-state index in [0.717, 1.165) is 12.5 Å². The van der Waals surface area contributed by atoms with Gasteiger partial charge in [-0.1, -0.05) is 13.3 Å². The highest BCUT2D eigenvalue weighted by molar-refractivity contribution is 4.95. The Balaban J connectivity index is 2.63. The van der Waals surface area contributed by atoms with E-state index < -0.39 is 0 Å². The van der Waals surface area contributed by atoms with Gasteiger partial charge in [-0.15, -0.1) is 0 Å². The van der Waals surface area contributed by atoms with Crippen molar-refractivity contribution in [2.45, 2.75) is 64.5 Å². The molecule has 0 saturated heterocycles. The summed E-state index contributed by atoms with van der Waals surface area (Å²) in [6.07, 6.45) is 6.65. The second-order valence-corrected chi connectivity index (χ2v) is 5.48. The van der Waals surface area contributed by atoms with Crippen molar-refractivity contribution in [3.63, 3.8) is 0 Å². The first-order chi connectivity index (χ1) is 7.05. The summed E-state index contributed by atoms with van der Waals surface area (Å²) in [6, 6.07) is 0.603. The highest BCUT2D eigenvalue weighted by Gasteiger charge is 2.37. The number of likely N-dealkylation sites (N-methyl/N-ethyl adjacent to an activating group) is 1. The van der Waals surface area contributed by atoms with Gasteiger partial charge in [-0.25, -0.2) is 0 Å². The van der Waals surface area contributed by atoms with Crippen LogP contribution in [0.1, 0.15) is 52.9 Å². The Labute approximate surface area is 95.2 Å². The monoisotopic (exact) mass is 212 g/mol. The van der Waals surface area contributed by atoms with Gasteiger partial charge in [0.2, 0.25) is 0 Å². The molecule has 1 fully saturated rings. The van der Waals surface area contributed by atoms with Crippen molar-refractivity contribution in [3.05, 3.63) is 0 Å². The first-order valence-corrected chi connectivity index (χ1v) is 6.48. The van der Waals surface area contributed by atoms with Crippen molar-refractivity contribution in [1.29, 1.82) is 0 Å². The molecule has 2 nitrogen and oxygen atoms in total. The molecule has 2 heteroatoms. The predicted molar refractivity (Wildman–Crippen MR) is 66.9 cm³/mol. The second kappa shape index (κ2) is 5.31. The van der Waals surface area contributed by atoms with Crippen LogP contribution in [0.5, 0.6) is 0 Å². The van der Waals surface area contributed by atoms with Crippen molar-refractivity contribution in [2.75, 3.05) is 13.6 Å². The average molecular weight is 212 g/mol. The van der Waals surface area contributed by atoms with Crippen LogP contribution in [0.15, 0.2) is 0 Å². The van der Waals surface area contributed by atoms with Gasteiger partial charge in [-0.2, -0.15) is 0 Å². The summed E-state index contributed by atoms with van der Waals surface area (Å²) >= 11 is 0. The maximum atomic E-state index is 6.02. The minimum absolute atomic E-state index is 0.292. The zero-order chi connectivity index (χ0) is 11.5. The first-order valence-electron chi connectivity index (χ1n) is 6.48. The zero-order valence-corrected chi connectivity index (χ0v) is 10.9.